The molecule has 0 N–H and O–H groups in total. The van der Waals surface area contributed by atoms with Crippen molar-refractivity contribution in [2.24, 2.45) is 5.92 Å². The summed E-state index contributed by atoms with van der Waals surface area (Å²) in [7, 11) is 0. The lowest BCUT2D eigenvalue weighted by atomic mass is 9.97. The molecule has 0 radical (unpaired) electrons. The highest BCUT2D eigenvalue weighted by atomic mass is 35.5. The van der Waals surface area contributed by atoms with Gasteiger partial charge in [-0.1, -0.05) is 37.3 Å². The Bertz CT molecular complexity index is 453. The highest BCUT2D eigenvalue weighted by molar-refractivity contribution is 6.30. The van der Waals surface area contributed by atoms with Crippen molar-refractivity contribution in [2.45, 2.75) is 38.5 Å². The van der Waals surface area contributed by atoms with E-state index in [1.807, 2.05) is 0 Å². The third-order valence-corrected chi connectivity index (χ3v) is 3.85. The van der Waals surface area contributed by atoms with Crippen LogP contribution in [-0.4, -0.2) is 5.78 Å². The summed E-state index contributed by atoms with van der Waals surface area (Å²) in [6.45, 7) is 0. The third kappa shape index (κ3) is 3.08. The Labute approximate surface area is 110 Å². The van der Waals surface area contributed by atoms with Crippen LogP contribution >= 0.6 is 11.6 Å². The van der Waals surface area contributed by atoms with Gasteiger partial charge in [-0.05, 0) is 24.5 Å². The van der Waals surface area contributed by atoms with E-state index in [4.69, 9.17) is 11.6 Å². The monoisotopic (exact) mass is 272 g/mol. The van der Waals surface area contributed by atoms with Crippen LogP contribution in [0.2, 0.25) is 5.02 Å². The zero-order valence-electron chi connectivity index (χ0n) is 10.0. The predicted octanol–water partition coefficient (Wildman–Crippen LogP) is 4.77. The number of halogens is 3. The average Bonchev–Trinajstić information content (AvgIpc) is 2.84. The summed E-state index contributed by atoms with van der Waals surface area (Å²) in [5.74, 6) is -1.26. The Hall–Kier alpha value is -0.960. The molecule has 98 valence electrons. The molecule has 1 nitrogen and oxygen atoms in total. The van der Waals surface area contributed by atoms with Gasteiger partial charge in [-0.3, -0.25) is 4.79 Å². The van der Waals surface area contributed by atoms with Crippen molar-refractivity contribution in [3.05, 3.63) is 34.4 Å². The van der Waals surface area contributed by atoms with E-state index in [2.05, 4.69) is 0 Å². The molecule has 0 atom stereocenters. The lowest BCUT2D eigenvalue weighted by Gasteiger charge is -2.08. The maximum absolute atomic E-state index is 13.5. The standard InChI is InChI=1S/C14H15ClF2O/c15-11-8-12(16)10(7-13(11)17)14(18)6-5-9-3-1-2-4-9/h7-9H,1-6H2. The Morgan fingerprint density at radius 2 is 1.89 bits per heavy atom. The first-order valence-corrected chi connectivity index (χ1v) is 6.63. The molecule has 0 aromatic heterocycles. The van der Waals surface area contributed by atoms with Crippen LogP contribution in [0.25, 0.3) is 0 Å². The highest BCUT2D eigenvalue weighted by Crippen LogP contribution is 2.29. The normalized spacial score (nSPS) is 16.2. The van der Waals surface area contributed by atoms with Gasteiger partial charge in [0.15, 0.2) is 5.78 Å². The van der Waals surface area contributed by atoms with Crippen molar-refractivity contribution in [3.8, 4) is 0 Å². The second-order valence-corrected chi connectivity index (χ2v) is 5.27. The maximum atomic E-state index is 13.5. The van der Waals surface area contributed by atoms with E-state index in [1.165, 1.54) is 12.8 Å². The van der Waals surface area contributed by atoms with Gasteiger partial charge >= 0.3 is 0 Å². The topological polar surface area (TPSA) is 17.1 Å². The molecule has 1 saturated carbocycles. The van der Waals surface area contributed by atoms with Crippen LogP contribution < -0.4 is 0 Å². The molecule has 0 heterocycles. The van der Waals surface area contributed by atoms with Gasteiger partial charge in [0, 0.05) is 6.42 Å². The van der Waals surface area contributed by atoms with Gasteiger partial charge in [-0.15, -0.1) is 0 Å². The van der Waals surface area contributed by atoms with Crippen molar-refractivity contribution in [2.75, 3.05) is 0 Å². The minimum Gasteiger partial charge on any atom is -0.294 e. The summed E-state index contributed by atoms with van der Waals surface area (Å²) >= 11 is 5.44. The molecular formula is C14H15ClF2O. The molecule has 18 heavy (non-hydrogen) atoms. The van der Waals surface area contributed by atoms with Crippen LogP contribution in [0.3, 0.4) is 0 Å². The van der Waals surface area contributed by atoms with E-state index >= 15 is 0 Å². The Balaban J connectivity index is 2.01. The molecule has 1 aromatic carbocycles. The van der Waals surface area contributed by atoms with Gasteiger partial charge in [0.25, 0.3) is 0 Å². The molecule has 0 bridgehead atoms. The number of ketones is 1. The number of benzene rings is 1. The minimum atomic E-state index is -0.748. The van der Waals surface area contributed by atoms with E-state index in [9.17, 15) is 13.6 Å². The van der Waals surface area contributed by atoms with Crippen LogP contribution in [0.5, 0.6) is 0 Å². The Morgan fingerprint density at radius 3 is 2.56 bits per heavy atom. The molecule has 0 amide bonds. The fourth-order valence-corrected chi connectivity index (χ4v) is 2.66. The lowest BCUT2D eigenvalue weighted by molar-refractivity contribution is 0.0969. The fraction of sp³-hybridized carbons (Fsp3) is 0.500. The van der Waals surface area contributed by atoms with Crippen LogP contribution in [0, 0.1) is 17.6 Å². The molecule has 2 rings (SSSR count). The molecule has 1 aliphatic rings. The Kier molecular flexibility index (Phi) is 4.33. The van der Waals surface area contributed by atoms with Crippen molar-refractivity contribution < 1.29 is 13.6 Å². The van der Waals surface area contributed by atoms with Gasteiger partial charge in [0.2, 0.25) is 0 Å². The summed E-state index contributed by atoms with van der Waals surface area (Å²) in [4.78, 5) is 11.8. The van der Waals surface area contributed by atoms with Gasteiger partial charge < -0.3 is 0 Å². The summed E-state index contributed by atoms with van der Waals surface area (Å²) in [6, 6.07) is 1.76. The second kappa shape index (κ2) is 5.79. The second-order valence-electron chi connectivity index (χ2n) is 4.86. The van der Waals surface area contributed by atoms with E-state index in [0.29, 0.717) is 5.92 Å². The zero-order valence-corrected chi connectivity index (χ0v) is 10.8. The van der Waals surface area contributed by atoms with Crippen molar-refractivity contribution in [1.29, 1.82) is 0 Å². The quantitative estimate of drug-likeness (QED) is 0.570. The molecule has 1 aliphatic carbocycles. The van der Waals surface area contributed by atoms with Crippen LogP contribution in [0.15, 0.2) is 12.1 Å². The summed E-state index contributed by atoms with van der Waals surface area (Å²) in [6.07, 6.45) is 5.76. The van der Waals surface area contributed by atoms with E-state index in [-0.39, 0.29) is 22.8 Å². The molecule has 0 aliphatic heterocycles. The molecule has 0 spiro atoms. The average molecular weight is 273 g/mol. The first kappa shape index (κ1) is 13.5. The Morgan fingerprint density at radius 1 is 1.22 bits per heavy atom. The van der Waals surface area contributed by atoms with Gasteiger partial charge in [0.05, 0.1) is 10.6 Å². The van der Waals surface area contributed by atoms with Crippen LogP contribution in [0.4, 0.5) is 8.78 Å². The van der Waals surface area contributed by atoms with Gasteiger partial charge in [-0.2, -0.15) is 0 Å². The van der Waals surface area contributed by atoms with E-state index in [1.54, 1.807) is 0 Å². The maximum Gasteiger partial charge on any atom is 0.165 e. The van der Waals surface area contributed by atoms with Crippen molar-refractivity contribution in [1.82, 2.24) is 0 Å². The highest BCUT2D eigenvalue weighted by Gasteiger charge is 2.19. The SMILES string of the molecule is O=C(CCC1CCCC1)c1cc(F)c(Cl)cc1F. The summed E-state index contributed by atoms with van der Waals surface area (Å²) in [5, 5.41) is -0.292. The third-order valence-electron chi connectivity index (χ3n) is 3.56. The fourth-order valence-electron chi connectivity index (χ4n) is 2.51. The summed E-state index contributed by atoms with van der Waals surface area (Å²) < 4.78 is 26.7. The number of carbonyl (C=O) groups excluding carboxylic acids is 1. The molecule has 1 aromatic rings. The minimum absolute atomic E-state index is 0.185. The number of hydrogen-bond donors (Lipinski definition) is 0. The van der Waals surface area contributed by atoms with Crippen molar-refractivity contribution >= 4 is 17.4 Å². The molecular weight excluding hydrogens is 258 g/mol. The zero-order chi connectivity index (χ0) is 13.1. The number of rotatable bonds is 4. The molecule has 1 fully saturated rings. The predicted molar refractivity (Wildman–Crippen MR) is 66.9 cm³/mol. The van der Waals surface area contributed by atoms with E-state index < -0.39 is 11.6 Å². The summed E-state index contributed by atoms with van der Waals surface area (Å²) in [5.41, 5.74) is -0.185. The first-order valence-electron chi connectivity index (χ1n) is 6.25. The van der Waals surface area contributed by atoms with E-state index in [0.717, 1.165) is 31.4 Å². The number of hydrogen-bond acceptors (Lipinski definition) is 1. The number of Topliss-reactive ketones (excluding diaryl/α,β-unsaturated/α-hetero) is 1. The molecule has 4 heteroatoms. The number of carbonyl (C=O) groups is 1. The molecule has 0 unspecified atom stereocenters. The molecule has 0 saturated heterocycles. The lowest BCUT2D eigenvalue weighted by Crippen LogP contribution is -2.06. The van der Waals surface area contributed by atoms with Gasteiger partial charge in [-0.25, -0.2) is 8.78 Å². The van der Waals surface area contributed by atoms with Crippen LogP contribution in [0.1, 0.15) is 48.9 Å². The van der Waals surface area contributed by atoms with Crippen molar-refractivity contribution in [3.63, 3.8) is 0 Å². The largest absolute Gasteiger partial charge is 0.294 e. The smallest absolute Gasteiger partial charge is 0.165 e. The van der Waals surface area contributed by atoms with Crippen LogP contribution in [-0.2, 0) is 0 Å². The first-order chi connectivity index (χ1) is 8.58. The van der Waals surface area contributed by atoms with Gasteiger partial charge in [0.1, 0.15) is 11.6 Å².